The van der Waals surface area contributed by atoms with Crippen molar-refractivity contribution >= 4 is 68.1 Å². The third kappa shape index (κ3) is 5.33. The number of H-pyrrole nitrogens is 1. The molecule has 0 bridgehead atoms. The molecule has 7 nitrogen and oxygen atoms in total. The van der Waals surface area contributed by atoms with Gasteiger partial charge in [-0.15, -0.1) is 11.3 Å². The minimum atomic E-state index is -0.200. The summed E-state index contributed by atoms with van der Waals surface area (Å²) in [7, 11) is 0. The number of benzene rings is 1. The average molecular weight is 491 g/mol. The second-order valence-corrected chi connectivity index (χ2v) is 10.2. The first-order chi connectivity index (χ1) is 15.4. The van der Waals surface area contributed by atoms with Crippen LogP contribution in [0.25, 0.3) is 10.2 Å². The second kappa shape index (κ2) is 10.1. The highest BCUT2D eigenvalue weighted by atomic mass is 35.5. The van der Waals surface area contributed by atoms with Crippen LogP contribution in [0.5, 0.6) is 0 Å². The van der Waals surface area contributed by atoms with E-state index in [0.29, 0.717) is 33.7 Å². The summed E-state index contributed by atoms with van der Waals surface area (Å²) in [5.41, 5.74) is 2.14. The zero-order valence-electron chi connectivity index (χ0n) is 17.5. The number of aromatic amines is 1. The van der Waals surface area contributed by atoms with Crippen LogP contribution >= 0.6 is 34.7 Å². The van der Waals surface area contributed by atoms with Crippen molar-refractivity contribution in [2.24, 2.45) is 0 Å². The van der Waals surface area contributed by atoms with Crippen molar-refractivity contribution in [3.05, 3.63) is 49.8 Å². The Kier molecular flexibility index (Phi) is 7.17. The van der Waals surface area contributed by atoms with Crippen molar-refractivity contribution in [1.82, 2.24) is 9.97 Å². The summed E-state index contributed by atoms with van der Waals surface area (Å²) in [6.07, 6.45) is 4.57. The van der Waals surface area contributed by atoms with E-state index in [0.717, 1.165) is 29.5 Å². The van der Waals surface area contributed by atoms with E-state index in [1.54, 1.807) is 29.5 Å². The lowest BCUT2D eigenvalue weighted by atomic mass is 9.97. The zero-order chi connectivity index (χ0) is 22.7. The number of nitrogens with zero attached hydrogens (tertiary/aromatic N) is 1. The van der Waals surface area contributed by atoms with Crippen molar-refractivity contribution in [3.63, 3.8) is 0 Å². The number of rotatable bonds is 7. The summed E-state index contributed by atoms with van der Waals surface area (Å²) in [5.74, 6) is 1.35. The summed E-state index contributed by atoms with van der Waals surface area (Å²) in [4.78, 5) is 45.8. The summed E-state index contributed by atoms with van der Waals surface area (Å²) in [6.45, 7) is 1.41. The van der Waals surface area contributed by atoms with E-state index < -0.39 is 0 Å². The minimum Gasteiger partial charge on any atom is -0.326 e. The van der Waals surface area contributed by atoms with Crippen molar-refractivity contribution in [2.45, 2.75) is 44.8 Å². The van der Waals surface area contributed by atoms with Gasteiger partial charge in [0.2, 0.25) is 11.8 Å². The lowest BCUT2D eigenvalue weighted by Gasteiger charge is -2.10. The van der Waals surface area contributed by atoms with Gasteiger partial charge in [0.15, 0.2) is 0 Å². The number of thiophene rings is 1. The third-order valence-corrected chi connectivity index (χ3v) is 7.63. The van der Waals surface area contributed by atoms with Crippen LogP contribution in [0.15, 0.2) is 23.0 Å². The van der Waals surface area contributed by atoms with Gasteiger partial charge >= 0.3 is 0 Å². The molecule has 1 aliphatic rings. The number of thioether (sulfide) groups is 1. The molecule has 0 spiro atoms. The van der Waals surface area contributed by atoms with Crippen LogP contribution in [-0.2, 0) is 28.2 Å². The quantitative estimate of drug-likeness (QED) is 0.415. The van der Waals surface area contributed by atoms with Crippen LogP contribution in [0, 0.1) is 0 Å². The van der Waals surface area contributed by atoms with Gasteiger partial charge in [-0.3, -0.25) is 14.4 Å². The second-order valence-electron chi connectivity index (χ2n) is 7.63. The number of carbonyl (C=O) groups is 2. The number of fused-ring (bicyclic) bond motifs is 3. The molecule has 3 N–H and O–H groups in total. The maximum absolute atomic E-state index is 12.6. The number of amides is 2. The van der Waals surface area contributed by atoms with Gasteiger partial charge < -0.3 is 15.6 Å². The maximum atomic E-state index is 12.6. The lowest BCUT2D eigenvalue weighted by molar-refractivity contribution is -0.116. The Morgan fingerprint density at radius 1 is 1.25 bits per heavy atom. The van der Waals surface area contributed by atoms with Crippen LogP contribution in [0.4, 0.5) is 11.4 Å². The van der Waals surface area contributed by atoms with Gasteiger partial charge in [-0.1, -0.05) is 11.6 Å². The molecule has 2 heterocycles. The highest BCUT2D eigenvalue weighted by Gasteiger charge is 2.19. The molecule has 0 unspecified atom stereocenters. The standard InChI is InChI=1S/C22H23ClN4O3S2/c1-12(28)24-13-6-7-15(23)16(10-13)25-19(29)8-9-31-11-18-26-21(30)20-14-4-2-3-5-17(14)32-22(20)27-18/h6-7,10H,2-5,8-9,11H2,1H3,(H,24,28)(H,25,29)(H,26,27,30). The summed E-state index contributed by atoms with van der Waals surface area (Å²) in [6, 6.07) is 4.92. The Balaban J connectivity index is 1.32. The molecule has 0 fully saturated rings. The molecule has 3 aromatic rings. The van der Waals surface area contributed by atoms with Gasteiger partial charge in [-0.25, -0.2) is 4.98 Å². The number of aryl methyl sites for hydroxylation is 2. The molecular weight excluding hydrogens is 468 g/mol. The van der Waals surface area contributed by atoms with Crippen LogP contribution < -0.4 is 16.2 Å². The van der Waals surface area contributed by atoms with E-state index in [1.807, 2.05) is 0 Å². The monoisotopic (exact) mass is 490 g/mol. The lowest BCUT2D eigenvalue weighted by Crippen LogP contribution is -2.14. The molecule has 0 saturated carbocycles. The Hall–Kier alpha value is -2.36. The number of hydrogen-bond acceptors (Lipinski definition) is 6. The molecule has 168 valence electrons. The summed E-state index contributed by atoms with van der Waals surface area (Å²) in [5, 5.41) is 6.59. The maximum Gasteiger partial charge on any atom is 0.259 e. The van der Waals surface area contributed by atoms with Crippen LogP contribution in [0.2, 0.25) is 5.02 Å². The molecular formula is C22H23ClN4O3S2. The van der Waals surface area contributed by atoms with Crippen LogP contribution in [-0.4, -0.2) is 27.5 Å². The fourth-order valence-electron chi connectivity index (χ4n) is 3.73. The minimum absolute atomic E-state index is 0.0589. The number of hydrogen-bond donors (Lipinski definition) is 3. The molecule has 2 aromatic heterocycles. The molecule has 1 aliphatic carbocycles. The smallest absolute Gasteiger partial charge is 0.259 e. The van der Waals surface area contributed by atoms with E-state index in [-0.39, 0.29) is 23.8 Å². The number of anilines is 2. The third-order valence-electron chi connectivity index (χ3n) is 5.15. The first-order valence-electron chi connectivity index (χ1n) is 10.4. The van der Waals surface area contributed by atoms with Crippen LogP contribution in [0.1, 0.15) is 42.5 Å². The van der Waals surface area contributed by atoms with E-state index >= 15 is 0 Å². The Bertz CT molecular complexity index is 1240. The van der Waals surface area contributed by atoms with E-state index in [9.17, 15) is 14.4 Å². The SMILES string of the molecule is CC(=O)Nc1ccc(Cl)c(NC(=O)CCSCc2nc3sc4c(c3c(=O)[nH]2)CCCC4)c1. The molecule has 2 amide bonds. The Morgan fingerprint density at radius 2 is 2.06 bits per heavy atom. The number of halogens is 1. The predicted molar refractivity (Wildman–Crippen MR) is 132 cm³/mol. The highest BCUT2D eigenvalue weighted by Crippen LogP contribution is 2.33. The van der Waals surface area contributed by atoms with Gasteiger partial charge in [0, 0.05) is 29.7 Å². The Morgan fingerprint density at radius 3 is 2.88 bits per heavy atom. The number of nitrogens with one attached hydrogen (secondary N) is 3. The van der Waals surface area contributed by atoms with Crippen molar-refractivity contribution in [1.29, 1.82) is 0 Å². The van der Waals surface area contributed by atoms with E-state index in [1.165, 1.54) is 35.5 Å². The molecule has 4 rings (SSSR count). The molecule has 0 saturated heterocycles. The van der Waals surface area contributed by atoms with Gasteiger partial charge in [0.1, 0.15) is 10.7 Å². The normalized spacial score (nSPS) is 13.1. The molecule has 32 heavy (non-hydrogen) atoms. The number of aromatic nitrogens is 2. The first kappa shape index (κ1) is 22.8. The fraction of sp³-hybridized carbons (Fsp3) is 0.364. The Labute approximate surface area is 198 Å². The molecule has 1 aromatic carbocycles. The summed E-state index contributed by atoms with van der Waals surface area (Å²) < 4.78 is 0. The highest BCUT2D eigenvalue weighted by molar-refractivity contribution is 7.98. The van der Waals surface area contributed by atoms with E-state index in [4.69, 9.17) is 11.6 Å². The van der Waals surface area contributed by atoms with Crippen molar-refractivity contribution in [3.8, 4) is 0 Å². The summed E-state index contributed by atoms with van der Waals surface area (Å²) >= 11 is 9.32. The fourth-order valence-corrected chi connectivity index (χ4v) is 5.98. The van der Waals surface area contributed by atoms with Gasteiger partial charge in [-0.2, -0.15) is 11.8 Å². The van der Waals surface area contributed by atoms with E-state index in [2.05, 4.69) is 20.6 Å². The number of carbonyl (C=O) groups excluding carboxylic acids is 2. The zero-order valence-corrected chi connectivity index (χ0v) is 19.9. The van der Waals surface area contributed by atoms with Gasteiger partial charge in [0.05, 0.1) is 21.8 Å². The first-order valence-corrected chi connectivity index (χ1v) is 12.7. The topological polar surface area (TPSA) is 104 Å². The average Bonchev–Trinajstić information content (AvgIpc) is 3.12. The largest absolute Gasteiger partial charge is 0.326 e. The molecule has 0 radical (unpaired) electrons. The van der Waals surface area contributed by atoms with Gasteiger partial charge in [0.25, 0.3) is 5.56 Å². The van der Waals surface area contributed by atoms with Crippen molar-refractivity contribution < 1.29 is 9.59 Å². The molecule has 0 aliphatic heterocycles. The van der Waals surface area contributed by atoms with Crippen LogP contribution in [0.3, 0.4) is 0 Å². The predicted octanol–water partition coefficient (Wildman–Crippen LogP) is 4.74. The van der Waals surface area contributed by atoms with Crippen molar-refractivity contribution in [2.75, 3.05) is 16.4 Å². The molecule has 10 heteroatoms. The van der Waals surface area contributed by atoms with Gasteiger partial charge in [-0.05, 0) is 49.4 Å². The molecule has 0 atom stereocenters.